The molecule has 0 bridgehead atoms. The van der Waals surface area contributed by atoms with Gasteiger partial charge in [0.25, 0.3) is 5.72 Å². The largest absolute Gasteiger partial charge is 0.466 e. The van der Waals surface area contributed by atoms with Crippen molar-refractivity contribution in [1.82, 2.24) is 10.6 Å². The van der Waals surface area contributed by atoms with Crippen molar-refractivity contribution in [2.45, 2.75) is 38.7 Å². The highest BCUT2D eigenvalue weighted by molar-refractivity contribution is 5.83. The molecule has 28 heavy (non-hydrogen) atoms. The third kappa shape index (κ3) is 4.01. The normalized spacial score (nSPS) is 24.9. The summed E-state index contributed by atoms with van der Waals surface area (Å²) in [6.07, 6.45) is -5.29. The molecule has 1 aromatic carbocycles. The van der Waals surface area contributed by atoms with Crippen LogP contribution in [0.2, 0.25) is 0 Å². The minimum Gasteiger partial charge on any atom is -0.466 e. The van der Waals surface area contributed by atoms with Crippen LogP contribution in [-0.4, -0.2) is 48.7 Å². The number of urea groups is 1. The van der Waals surface area contributed by atoms with E-state index in [1.807, 2.05) is 18.7 Å². The molecule has 7 nitrogen and oxygen atoms in total. The predicted octanol–water partition coefficient (Wildman–Crippen LogP) is 2.32. The Bertz CT molecular complexity index is 707. The fraction of sp³-hybridized carbons (Fsp3) is 0.556. The number of ether oxygens (including phenoxy) is 1. The Morgan fingerprint density at radius 3 is 2.25 bits per heavy atom. The second-order valence-corrected chi connectivity index (χ2v) is 6.33. The van der Waals surface area contributed by atoms with Gasteiger partial charge in [-0.3, -0.25) is 4.79 Å². The number of aliphatic hydroxyl groups is 1. The van der Waals surface area contributed by atoms with Crippen molar-refractivity contribution in [3.05, 3.63) is 29.8 Å². The molecule has 1 aliphatic rings. The van der Waals surface area contributed by atoms with Crippen molar-refractivity contribution in [1.29, 1.82) is 0 Å². The Kier molecular flexibility index (Phi) is 6.43. The van der Waals surface area contributed by atoms with E-state index < -0.39 is 35.9 Å². The number of benzene rings is 1. The molecule has 3 N–H and O–H groups in total. The molecule has 1 heterocycles. The summed E-state index contributed by atoms with van der Waals surface area (Å²) < 4.78 is 45.5. The van der Waals surface area contributed by atoms with Gasteiger partial charge in [-0.2, -0.15) is 13.2 Å². The maximum absolute atomic E-state index is 13.6. The second kappa shape index (κ2) is 8.26. The first-order valence-electron chi connectivity index (χ1n) is 8.98. The van der Waals surface area contributed by atoms with Crippen LogP contribution in [0.3, 0.4) is 0 Å². The summed E-state index contributed by atoms with van der Waals surface area (Å²) in [5, 5.41) is 14.0. The summed E-state index contributed by atoms with van der Waals surface area (Å²) in [7, 11) is 0. The van der Waals surface area contributed by atoms with Crippen molar-refractivity contribution in [3.8, 4) is 0 Å². The van der Waals surface area contributed by atoms with E-state index in [0.29, 0.717) is 0 Å². The molecule has 156 valence electrons. The number of nitrogens with zero attached hydrogens (tertiary/aromatic N) is 1. The molecule has 1 fully saturated rings. The highest BCUT2D eigenvalue weighted by Crippen LogP contribution is 2.43. The number of carbonyl (C=O) groups excluding carboxylic acids is 2. The molecule has 2 amide bonds. The lowest BCUT2D eigenvalue weighted by Gasteiger charge is -2.44. The number of hydrogen-bond donors (Lipinski definition) is 3. The van der Waals surface area contributed by atoms with Crippen molar-refractivity contribution in [2.75, 3.05) is 24.6 Å². The van der Waals surface area contributed by atoms with Crippen molar-refractivity contribution in [3.63, 3.8) is 0 Å². The summed E-state index contributed by atoms with van der Waals surface area (Å²) >= 11 is 0. The van der Waals surface area contributed by atoms with Crippen LogP contribution in [0, 0.1) is 5.92 Å². The lowest BCUT2D eigenvalue weighted by Crippen LogP contribution is -2.73. The van der Waals surface area contributed by atoms with Crippen molar-refractivity contribution >= 4 is 17.7 Å². The van der Waals surface area contributed by atoms with Crippen LogP contribution in [0.4, 0.5) is 23.7 Å². The van der Waals surface area contributed by atoms with Gasteiger partial charge in [-0.05, 0) is 38.5 Å². The lowest BCUT2D eigenvalue weighted by atomic mass is 9.82. The predicted molar refractivity (Wildman–Crippen MR) is 95.5 cm³/mol. The standard InChI is InChI=1S/C18H24F3N3O4/c1-4-24(5-2)12-9-7-11(8-10-12)14-13(15(25)28-6-3)17(27,18(19,20)21)23-16(26)22-14/h7-10,13-14,27H,4-6H2,1-3H3,(H2,22,23,26)/t13-,14+,17+/m0/s1. The van der Waals surface area contributed by atoms with E-state index in [1.165, 1.54) is 24.4 Å². The van der Waals surface area contributed by atoms with Gasteiger partial charge >= 0.3 is 18.2 Å². The molecule has 0 unspecified atom stereocenters. The minimum absolute atomic E-state index is 0.176. The topological polar surface area (TPSA) is 90.9 Å². The van der Waals surface area contributed by atoms with Gasteiger partial charge in [-0.25, -0.2) is 4.79 Å². The number of hydrogen-bond acceptors (Lipinski definition) is 5. The third-order valence-electron chi connectivity index (χ3n) is 4.73. The first kappa shape index (κ1) is 21.8. The van der Waals surface area contributed by atoms with Crippen molar-refractivity contribution in [2.24, 2.45) is 5.92 Å². The van der Waals surface area contributed by atoms with Crippen LogP contribution in [0.5, 0.6) is 0 Å². The average molecular weight is 403 g/mol. The van der Waals surface area contributed by atoms with Gasteiger partial charge in [0.2, 0.25) is 0 Å². The first-order chi connectivity index (χ1) is 13.1. The van der Waals surface area contributed by atoms with E-state index in [4.69, 9.17) is 4.74 Å². The smallest absolute Gasteiger partial charge is 0.437 e. The molecule has 1 saturated heterocycles. The van der Waals surface area contributed by atoms with Crippen LogP contribution in [0.1, 0.15) is 32.4 Å². The fourth-order valence-corrected chi connectivity index (χ4v) is 3.30. The molecule has 10 heteroatoms. The van der Waals surface area contributed by atoms with Gasteiger partial charge < -0.3 is 25.4 Å². The van der Waals surface area contributed by atoms with E-state index in [1.54, 1.807) is 12.1 Å². The maximum atomic E-state index is 13.6. The van der Waals surface area contributed by atoms with Gasteiger partial charge in [0.1, 0.15) is 5.92 Å². The van der Waals surface area contributed by atoms with E-state index in [2.05, 4.69) is 5.32 Å². The van der Waals surface area contributed by atoms with Crippen molar-refractivity contribution < 1.29 is 32.6 Å². The minimum atomic E-state index is -5.29. The molecular formula is C18H24F3N3O4. The zero-order valence-electron chi connectivity index (χ0n) is 15.8. The Morgan fingerprint density at radius 2 is 1.79 bits per heavy atom. The summed E-state index contributed by atoms with van der Waals surface area (Å²) in [5.74, 6) is -3.39. The highest BCUT2D eigenvalue weighted by atomic mass is 19.4. The Labute approximate surface area is 160 Å². The van der Waals surface area contributed by atoms with Crippen LogP contribution in [-0.2, 0) is 9.53 Å². The molecule has 1 aliphatic heterocycles. The number of halogens is 3. The van der Waals surface area contributed by atoms with Gasteiger partial charge in [0, 0.05) is 18.8 Å². The monoisotopic (exact) mass is 403 g/mol. The molecule has 2 rings (SSSR count). The Hall–Kier alpha value is -2.49. The first-order valence-corrected chi connectivity index (χ1v) is 8.98. The van der Waals surface area contributed by atoms with Gasteiger partial charge in [-0.15, -0.1) is 0 Å². The molecule has 3 atom stereocenters. The van der Waals surface area contributed by atoms with Crippen LogP contribution in [0.25, 0.3) is 0 Å². The lowest BCUT2D eigenvalue weighted by molar-refractivity contribution is -0.294. The van der Waals surface area contributed by atoms with Crippen LogP contribution < -0.4 is 15.5 Å². The molecule has 0 aromatic heterocycles. The summed E-state index contributed by atoms with van der Waals surface area (Å²) in [6, 6.07) is 3.75. The van der Waals surface area contributed by atoms with Crippen LogP contribution >= 0.6 is 0 Å². The summed E-state index contributed by atoms with van der Waals surface area (Å²) in [6.45, 7) is 6.66. The third-order valence-corrected chi connectivity index (χ3v) is 4.73. The summed E-state index contributed by atoms with van der Waals surface area (Å²) in [5.41, 5.74) is -2.68. The Morgan fingerprint density at radius 1 is 1.21 bits per heavy atom. The summed E-state index contributed by atoms with van der Waals surface area (Å²) in [4.78, 5) is 26.2. The molecule has 0 radical (unpaired) electrons. The quantitative estimate of drug-likeness (QED) is 0.635. The number of nitrogens with one attached hydrogen (secondary N) is 2. The van der Waals surface area contributed by atoms with E-state index in [0.717, 1.165) is 18.8 Å². The SMILES string of the molecule is CCOC(=O)[C@@H]1[C@@H](c2ccc(N(CC)CC)cc2)NC(=O)N[C@]1(O)C(F)(F)F. The zero-order valence-corrected chi connectivity index (χ0v) is 15.8. The number of rotatable bonds is 6. The Balaban J connectivity index is 2.49. The fourth-order valence-electron chi connectivity index (χ4n) is 3.30. The molecule has 0 aliphatic carbocycles. The van der Waals surface area contributed by atoms with E-state index >= 15 is 0 Å². The number of carbonyl (C=O) groups is 2. The number of esters is 1. The number of alkyl halides is 3. The molecule has 0 saturated carbocycles. The number of amides is 2. The second-order valence-electron chi connectivity index (χ2n) is 6.33. The molecule has 1 aromatic rings. The van der Waals surface area contributed by atoms with Gasteiger partial charge in [0.05, 0.1) is 12.6 Å². The van der Waals surface area contributed by atoms with E-state index in [9.17, 15) is 27.9 Å². The van der Waals surface area contributed by atoms with Crippen LogP contribution in [0.15, 0.2) is 24.3 Å². The maximum Gasteiger partial charge on any atom is 0.437 e. The zero-order chi connectivity index (χ0) is 21.1. The van der Waals surface area contributed by atoms with Gasteiger partial charge in [0.15, 0.2) is 0 Å². The number of anilines is 1. The molecular weight excluding hydrogens is 379 g/mol. The van der Waals surface area contributed by atoms with E-state index in [-0.39, 0.29) is 12.2 Å². The highest BCUT2D eigenvalue weighted by Gasteiger charge is 2.67. The average Bonchev–Trinajstić information content (AvgIpc) is 2.62. The molecule has 0 spiro atoms. The van der Waals surface area contributed by atoms with Gasteiger partial charge in [-0.1, -0.05) is 12.1 Å².